The lowest BCUT2D eigenvalue weighted by Gasteiger charge is -2.20. The smallest absolute Gasteiger partial charge is 0.126 e. The van der Waals surface area contributed by atoms with Gasteiger partial charge in [-0.3, -0.25) is 0 Å². The summed E-state index contributed by atoms with van der Waals surface area (Å²) in [5, 5.41) is 3.40. The second kappa shape index (κ2) is 5.97. The van der Waals surface area contributed by atoms with Gasteiger partial charge in [0.25, 0.3) is 0 Å². The van der Waals surface area contributed by atoms with E-state index in [0.29, 0.717) is 12.2 Å². The number of hydrogen-bond donors (Lipinski definition) is 1. The van der Waals surface area contributed by atoms with Crippen LogP contribution in [0.25, 0.3) is 0 Å². The minimum absolute atomic E-state index is 0.152. The number of halogens is 1. The van der Waals surface area contributed by atoms with Crippen molar-refractivity contribution in [2.75, 3.05) is 13.7 Å². The summed E-state index contributed by atoms with van der Waals surface area (Å²) in [6, 6.07) is 5.70. The van der Waals surface area contributed by atoms with Crippen LogP contribution >= 0.6 is 0 Å². The van der Waals surface area contributed by atoms with Gasteiger partial charge in [0.05, 0.1) is 6.61 Å². The quantitative estimate of drug-likeness (QED) is 0.832. The number of methoxy groups -OCH3 is 1. The molecule has 0 heterocycles. The van der Waals surface area contributed by atoms with Gasteiger partial charge in [-0.05, 0) is 38.0 Å². The molecule has 1 rings (SSSR count). The molecule has 0 aliphatic carbocycles. The monoisotopic (exact) mass is 225 g/mol. The normalized spacial score (nSPS) is 14.8. The zero-order valence-electron chi connectivity index (χ0n) is 10.4. The van der Waals surface area contributed by atoms with E-state index < -0.39 is 0 Å². The van der Waals surface area contributed by atoms with Crippen molar-refractivity contribution in [2.45, 2.75) is 32.9 Å². The molecule has 2 atom stereocenters. The maximum atomic E-state index is 13.1. The van der Waals surface area contributed by atoms with Gasteiger partial charge in [-0.15, -0.1) is 0 Å². The third-order valence-electron chi connectivity index (χ3n) is 2.63. The predicted octanol–water partition coefficient (Wildman–Crippen LogP) is 2.82. The minimum atomic E-state index is -0.152. The second-order valence-corrected chi connectivity index (χ2v) is 4.25. The first-order valence-corrected chi connectivity index (χ1v) is 5.55. The molecule has 1 aromatic carbocycles. The van der Waals surface area contributed by atoms with Crippen LogP contribution in [0.4, 0.5) is 4.39 Å². The van der Waals surface area contributed by atoms with E-state index >= 15 is 0 Å². The van der Waals surface area contributed by atoms with Crippen molar-refractivity contribution < 1.29 is 9.13 Å². The Hall–Kier alpha value is -0.930. The van der Waals surface area contributed by atoms with E-state index in [1.165, 1.54) is 6.07 Å². The van der Waals surface area contributed by atoms with E-state index in [1.807, 2.05) is 12.1 Å². The fourth-order valence-corrected chi connectivity index (χ4v) is 1.76. The molecular weight excluding hydrogens is 205 g/mol. The highest BCUT2D eigenvalue weighted by atomic mass is 19.1. The van der Waals surface area contributed by atoms with Crippen molar-refractivity contribution >= 4 is 0 Å². The van der Waals surface area contributed by atoms with Crippen LogP contribution in [0.2, 0.25) is 0 Å². The summed E-state index contributed by atoms with van der Waals surface area (Å²) in [5.74, 6) is -0.152. The summed E-state index contributed by atoms with van der Waals surface area (Å²) in [7, 11) is 1.69. The van der Waals surface area contributed by atoms with Crippen molar-refractivity contribution in [2.24, 2.45) is 0 Å². The largest absolute Gasteiger partial charge is 0.383 e. The Morgan fingerprint density at radius 1 is 1.38 bits per heavy atom. The van der Waals surface area contributed by atoms with Gasteiger partial charge in [0.2, 0.25) is 0 Å². The van der Waals surface area contributed by atoms with Gasteiger partial charge in [0, 0.05) is 19.2 Å². The topological polar surface area (TPSA) is 21.3 Å². The molecule has 2 unspecified atom stereocenters. The highest BCUT2D eigenvalue weighted by Gasteiger charge is 2.10. The highest BCUT2D eigenvalue weighted by molar-refractivity contribution is 5.26. The van der Waals surface area contributed by atoms with Crippen molar-refractivity contribution in [1.82, 2.24) is 5.32 Å². The molecule has 16 heavy (non-hydrogen) atoms. The molecule has 0 saturated heterocycles. The third-order valence-corrected chi connectivity index (χ3v) is 2.63. The van der Waals surface area contributed by atoms with Gasteiger partial charge < -0.3 is 10.1 Å². The van der Waals surface area contributed by atoms with E-state index in [9.17, 15) is 4.39 Å². The highest BCUT2D eigenvalue weighted by Crippen LogP contribution is 2.16. The number of nitrogens with one attached hydrogen (secondary N) is 1. The predicted molar refractivity (Wildman–Crippen MR) is 64.0 cm³/mol. The number of ether oxygens (including phenoxy) is 1. The van der Waals surface area contributed by atoms with Crippen molar-refractivity contribution in [3.8, 4) is 0 Å². The Balaban J connectivity index is 2.65. The lowest BCUT2D eigenvalue weighted by atomic mass is 10.0. The number of hydrogen-bond acceptors (Lipinski definition) is 2. The van der Waals surface area contributed by atoms with E-state index in [-0.39, 0.29) is 17.9 Å². The maximum absolute atomic E-state index is 13.1. The van der Waals surface area contributed by atoms with Crippen LogP contribution in [0.5, 0.6) is 0 Å². The minimum Gasteiger partial charge on any atom is -0.383 e. The molecule has 0 amide bonds. The van der Waals surface area contributed by atoms with E-state index in [4.69, 9.17) is 4.74 Å². The third kappa shape index (κ3) is 3.58. The summed E-state index contributed by atoms with van der Waals surface area (Å²) >= 11 is 0. The lowest BCUT2D eigenvalue weighted by Crippen LogP contribution is -2.32. The van der Waals surface area contributed by atoms with Gasteiger partial charge >= 0.3 is 0 Å². The number of aryl methyl sites for hydroxylation is 1. The van der Waals surface area contributed by atoms with Gasteiger partial charge in [-0.1, -0.05) is 12.1 Å². The molecule has 3 heteroatoms. The molecule has 0 aliphatic heterocycles. The number of rotatable bonds is 5. The van der Waals surface area contributed by atoms with Gasteiger partial charge in [-0.25, -0.2) is 4.39 Å². The Morgan fingerprint density at radius 3 is 2.62 bits per heavy atom. The van der Waals surface area contributed by atoms with Gasteiger partial charge in [0.1, 0.15) is 5.82 Å². The Bertz CT molecular complexity index is 341. The molecular formula is C13H20FNO. The molecule has 0 saturated carbocycles. The Kier molecular flexibility index (Phi) is 4.90. The maximum Gasteiger partial charge on any atom is 0.126 e. The standard InChI is InChI=1S/C13H20FNO/c1-9-7-12(5-6-13(9)14)11(3)15-10(2)8-16-4/h5-7,10-11,15H,8H2,1-4H3. The van der Waals surface area contributed by atoms with Crippen LogP contribution in [-0.4, -0.2) is 19.8 Å². The lowest BCUT2D eigenvalue weighted by molar-refractivity contribution is 0.167. The van der Waals surface area contributed by atoms with Crippen LogP contribution in [0, 0.1) is 12.7 Å². The summed E-state index contributed by atoms with van der Waals surface area (Å²) in [6.45, 7) is 6.59. The van der Waals surface area contributed by atoms with Gasteiger partial charge in [0.15, 0.2) is 0 Å². The average molecular weight is 225 g/mol. The Labute approximate surface area is 96.8 Å². The van der Waals surface area contributed by atoms with Crippen LogP contribution in [0.15, 0.2) is 18.2 Å². The SMILES string of the molecule is COCC(C)NC(C)c1ccc(F)c(C)c1. The molecule has 0 fully saturated rings. The molecule has 0 aliphatic rings. The molecule has 0 spiro atoms. The first-order valence-electron chi connectivity index (χ1n) is 5.55. The fourth-order valence-electron chi connectivity index (χ4n) is 1.76. The summed E-state index contributed by atoms with van der Waals surface area (Å²) in [6.07, 6.45) is 0. The van der Waals surface area contributed by atoms with Gasteiger partial charge in [-0.2, -0.15) is 0 Å². The Morgan fingerprint density at radius 2 is 2.06 bits per heavy atom. The van der Waals surface area contributed by atoms with Crippen molar-refractivity contribution in [3.63, 3.8) is 0 Å². The first-order chi connectivity index (χ1) is 7.54. The van der Waals surface area contributed by atoms with Crippen LogP contribution in [0.1, 0.15) is 31.0 Å². The van der Waals surface area contributed by atoms with E-state index in [0.717, 1.165) is 5.56 Å². The zero-order valence-corrected chi connectivity index (χ0v) is 10.4. The second-order valence-electron chi connectivity index (χ2n) is 4.25. The summed E-state index contributed by atoms with van der Waals surface area (Å²) in [4.78, 5) is 0. The van der Waals surface area contributed by atoms with Crippen LogP contribution < -0.4 is 5.32 Å². The zero-order chi connectivity index (χ0) is 12.1. The molecule has 0 bridgehead atoms. The fraction of sp³-hybridized carbons (Fsp3) is 0.538. The summed E-state index contributed by atoms with van der Waals surface area (Å²) in [5.41, 5.74) is 1.78. The van der Waals surface area contributed by atoms with E-state index in [2.05, 4.69) is 19.2 Å². The molecule has 2 nitrogen and oxygen atoms in total. The van der Waals surface area contributed by atoms with Crippen LogP contribution in [0.3, 0.4) is 0 Å². The van der Waals surface area contributed by atoms with Crippen LogP contribution in [-0.2, 0) is 4.74 Å². The molecule has 90 valence electrons. The summed E-state index contributed by atoms with van der Waals surface area (Å²) < 4.78 is 18.2. The molecule has 0 aromatic heterocycles. The van der Waals surface area contributed by atoms with Crippen molar-refractivity contribution in [1.29, 1.82) is 0 Å². The molecule has 0 radical (unpaired) electrons. The first kappa shape index (κ1) is 13.1. The van der Waals surface area contributed by atoms with E-state index in [1.54, 1.807) is 14.0 Å². The van der Waals surface area contributed by atoms with Crippen molar-refractivity contribution in [3.05, 3.63) is 35.1 Å². The average Bonchev–Trinajstić information content (AvgIpc) is 2.22. The number of benzene rings is 1. The molecule has 1 N–H and O–H groups in total. The molecule has 1 aromatic rings.